The molecular weight excluding hydrogens is 793 g/mol. The second-order valence-corrected chi connectivity index (χ2v) is 18.4. The summed E-state index contributed by atoms with van der Waals surface area (Å²) in [6, 6.07) is 79.1. The fourth-order valence-electron chi connectivity index (χ4n) is 9.88. The fraction of sp³-hybridized carbons (Fsp3) is 0.0492. The lowest BCUT2D eigenvalue weighted by Gasteiger charge is -2.21. The van der Waals surface area contributed by atoms with E-state index in [0.29, 0.717) is 5.82 Å². The van der Waals surface area contributed by atoms with Crippen molar-refractivity contribution in [3.05, 3.63) is 230 Å². The lowest BCUT2D eigenvalue weighted by Crippen LogP contribution is -2.14. The van der Waals surface area contributed by atoms with E-state index in [1.165, 1.54) is 70.2 Å². The molecule has 64 heavy (non-hydrogen) atoms. The van der Waals surface area contributed by atoms with Crippen molar-refractivity contribution in [2.24, 2.45) is 0 Å². The van der Waals surface area contributed by atoms with Gasteiger partial charge in [-0.25, -0.2) is 9.97 Å². The van der Waals surface area contributed by atoms with Gasteiger partial charge in [0.25, 0.3) is 0 Å². The number of aromatic nitrogens is 2. The summed E-state index contributed by atoms with van der Waals surface area (Å²) in [4.78, 5) is 10.7. The third kappa shape index (κ3) is 6.47. The molecule has 1 aliphatic rings. The number of hydrogen-bond acceptors (Lipinski definition) is 3. The predicted molar refractivity (Wildman–Crippen MR) is 271 cm³/mol. The van der Waals surface area contributed by atoms with E-state index in [9.17, 15) is 0 Å². The van der Waals surface area contributed by atoms with Gasteiger partial charge in [0.2, 0.25) is 0 Å². The molecule has 9 aromatic carbocycles. The third-order valence-corrected chi connectivity index (χ3v) is 14.3. The molecule has 12 rings (SSSR count). The van der Waals surface area contributed by atoms with E-state index in [1.54, 1.807) is 0 Å². The van der Waals surface area contributed by atoms with Crippen LogP contribution in [0.5, 0.6) is 0 Å². The van der Waals surface area contributed by atoms with Gasteiger partial charge in [-0.05, 0) is 109 Å². The monoisotopic (exact) mass is 834 g/mol. The van der Waals surface area contributed by atoms with Crippen molar-refractivity contribution >= 4 is 31.5 Å². The van der Waals surface area contributed by atoms with Crippen LogP contribution < -0.4 is 0 Å². The van der Waals surface area contributed by atoms with E-state index in [4.69, 9.17) is 9.97 Å². The largest absolute Gasteiger partial charge is 0.228 e. The minimum atomic E-state index is -0.0789. The number of fused-ring (bicyclic) bond motifs is 6. The first-order valence-corrected chi connectivity index (χ1v) is 22.8. The van der Waals surface area contributed by atoms with Crippen LogP contribution in [0.2, 0.25) is 0 Å². The summed E-state index contributed by atoms with van der Waals surface area (Å²) in [6.07, 6.45) is 0. The zero-order valence-corrected chi connectivity index (χ0v) is 36.4. The highest BCUT2D eigenvalue weighted by Gasteiger charge is 2.36. The molecule has 0 spiro atoms. The molecule has 1 aliphatic carbocycles. The van der Waals surface area contributed by atoms with Crippen LogP contribution in [0.4, 0.5) is 0 Å². The topological polar surface area (TPSA) is 25.8 Å². The van der Waals surface area contributed by atoms with Gasteiger partial charge in [-0.1, -0.05) is 190 Å². The molecule has 0 atom stereocenters. The Bertz CT molecular complexity index is 3580. The summed E-state index contributed by atoms with van der Waals surface area (Å²) in [5, 5.41) is 2.57. The number of thiophene rings is 1. The van der Waals surface area contributed by atoms with Gasteiger partial charge in [-0.3, -0.25) is 0 Å². The Kier molecular flexibility index (Phi) is 9.06. The van der Waals surface area contributed by atoms with Crippen LogP contribution in [0.25, 0.3) is 110 Å². The molecule has 0 aliphatic heterocycles. The highest BCUT2D eigenvalue weighted by atomic mass is 32.1. The lowest BCUT2D eigenvalue weighted by atomic mass is 9.82. The van der Waals surface area contributed by atoms with E-state index in [-0.39, 0.29) is 5.41 Å². The minimum Gasteiger partial charge on any atom is -0.228 e. The fourth-order valence-corrected chi connectivity index (χ4v) is 11.1. The Balaban J connectivity index is 1.06. The second-order valence-electron chi connectivity index (χ2n) is 17.3. The molecule has 11 aromatic rings. The van der Waals surface area contributed by atoms with E-state index in [1.807, 2.05) is 17.4 Å². The van der Waals surface area contributed by atoms with Crippen molar-refractivity contribution in [2.45, 2.75) is 19.3 Å². The molecule has 0 unspecified atom stereocenters. The van der Waals surface area contributed by atoms with E-state index in [0.717, 1.165) is 44.8 Å². The highest BCUT2D eigenvalue weighted by Crippen LogP contribution is 2.52. The van der Waals surface area contributed by atoms with Gasteiger partial charge in [-0.2, -0.15) is 0 Å². The summed E-state index contributed by atoms with van der Waals surface area (Å²) >= 11 is 1.86. The van der Waals surface area contributed by atoms with Gasteiger partial charge in [-0.15, -0.1) is 11.3 Å². The average molecular weight is 835 g/mol. The summed E-state index contributed by atoms with van der Waals surface area (Å²) in [5.74, 6) is 0.694. The van der Waals surface area contributed by atoms with Crippen LogP contribution in [-0.2, 0) is 5.41 Å². The van der Waals surface area contributed by atoms with Crippen molar-refractivity contribution in [3.63, 3.8) is 0 Å². The molecule has 2 heterocycles. The summed E-state index contributed by atoms with van der Waals surface area (Å²) in [6.45, 7) is 4.68. The van der Waals surface area contributed by atoms with E-state index >= 15 is 0 Å². The van der Waals surface area contributed by atoms with Gasteiger partial charge in [0.15, 0.2) is 5.82 Å². The van der Waals surface area contributed by atoms with Crippen LogP contribution in [0.15, 0.2) is 218 Å². The van der Waals surface area contributed by atoms with Gasteiger partial charge in [0.1, 0.15) is 0 Å². The number of hydrogen-bond donors (Lipinski definition) is 0. The van der Waals surface area contributed by atoms with Gasteiger partial charge in [0, 0.05) is 42.3 Å². The third-order valence-electron chi connectivity index (χ3n) is 13.1. The Morgan fingerprint density at radius 2 is 0.859 bits per heavy atom. The number of benzene rings is 9. The van der Waals surface area contributed by atoms with Gasteiger partial charge < -0.3 is 0 Å². The lowest BCUT2D eigenvalue weighted by molar-refractivity contribution is 0.660. The molecule has 0 amide bonds. The Labute approximate surface area is 377 Å². The van der Waals surface area contributed by atoms with Crippen LogP contribution >= 0.6 is 11.3 Å². The highest BCUT2D eigenvalue weighted by molar-refractivity contribution is 7.26. The van der Waals surface area contributed by atoms with Crippen molar-refractivity contribution in [3.8, 4) is 89.5 Å². The molecule has 0 radical (unpaired) electrons. The SMILES string of the molecule is CC1(C)c2ccccc2-c2c(-c3cccc(-c4cc(-c5cc(-c6cccc(-c7ccccc7)c6)cc(-c6cccc7c6sc6ccccc67)c5)nc(-c5ccccc5)n4)c3)cccc21. The molecule has 0 bridgehead atoms. The molecule has 302 valence electrons. The number of nitrogens with zero attached hydrogens (tertiary/aromatic N) is 2. The Hall–Kier alpha value is -7.72. The van der Waals surface area contributed by atoms with E-state index in [2.05, 4.69) is 226 Å². The average Bonchev–Trinajstić information content (AvgIpc) is 3.86. The molecule has 2 aromatic heterocycles. The summed E-state index contributed by atoms with van der Waals surface area (Å²) < 4.78 is 2.58. The first-order chi connectivity index (χ1) is 31.5. The predicted octanol–water partition coefficient (Wildman–Crippen LogP) is 16.8. The second kappa shape index (κ2) is 15.3. The zero-order chi connectivity index (χ0) is 42.8. The van der Waals surface area contributed by atoms with Gasteiger partial charge >= 0.3 is 0 Å². The zero-order valence-electron chi connectivity index (χ0n) is 35.6. The molecule has 0 saturated carbocycles. The maximum atomic E-state index is 5.39. The van der Waals surface area contributed by atoms with Crippen molar-refractivity contribution in [2.75, 3.05) is 0 Å². The van der Waals surface area contributed by atoms with Crippen molar-refractivity contribution in [1.82, 2.24) is 9.97 Å². The molecule has 0 saturated heterocycles. The van der Waals surface area contributed by atoms with Crippen LogP contribution in [0.1, 0.15) is 25.0 Å². The maximum Gasteiger partial charge on any atom is 0.160 e. The first-order valence-electron chi connectivity index (χ1n) is 22.0. The van der Waals surface area contributed by atoms with Crippen LogP contribution in [-0.4, -0.2) is 9.97 Å². The van der Waals surface area contributed by atoms with Gasteiger partial charge in [0.05, 0.1) is 11.4 Å². The molecular formula is C61H42N2S. The minimum absolute atomic E-state index is 0.0789. The van der Waals surface area contributed by atoms with Crippen molar-refractivity contribution in [1.29, 1.82) is 0 Å². The molecule has 3 heteroatoms. The number of rotatable bonds is 7. The first kappa shape index (κ1) is 38.0. The van der Waals surface area contributed by atoms with E-state index < -0.39 is 0 Å². The normalized spacial score (nSPS) is 12.7. The quantitative estimate of drug-likeness (QED) is 0.160. The Morgan fingerprint density at radius 1 is 0.344 bits per heavy atom. The maximum absolute atomic E-state index is 5.39. The molecule has 2 nitrogen and oxygen atoms in total. The van der Waals surface area contributed by atoms with Crippen LogP contribution in [0.3, 0.4) is 0 Å². The Morgan fingerprint density at radius 3 is 1.69 bits per heavy atom. The summed E-state index contributed by atoms with van der Waals surface area (Å²) in [7, 11) is 0. The molecule has 0 fully saturated rings. The smallest absolute Gasteiger partial charge is 0.160 e. The van der Waals surface area contributed by atoms with Crippen LogP contribution in [0, 0.1) is 0 Å². The van der Waals surface area contributed by atoms with Crippen molar-refractivity contribution < 1.29 is 0 Å². The molecule has 0 N–H and O–H groups in total. The summed E-state index contributed by atoms with van der Waals surface area (Å²) in [5.41, 5.74) is 19.5. The standard InChI is InChI=1S/C61H42N2S/c1-61(2)53-30-11-9-26-52(53)58-48(27-16-31-54(58)61)43-23-14-24-44(34-43)55-38-56(63-60(62-55)40-19-7-4-8-20-40)47-36-45(42-22-13-21-41(33-42)39-17-5-3-6-18-39)35-46(37-47)49-28-15-29-51-50-25-10-12-32-57(50)64-59(49)51/h3-38H,1-2H3.